The molecular formula is C23H23Cl2N5O4S. The summed E-state index contributed by atoms with van der Waals surface area (Å²) in [5, 5.41) is 15.1. The van der Waals surface area contributed by atoms with Crippen molar-refractivity contribution in [3.63, 3.8) is 0 Å². The van der Waals surface area contributed by atoms with Gasteiger partial charge in [0.1, 0.15) is 0 Å². The number of aromatic nitrogens is 3. The Kier molecular flexibility index (Phi) is 9.13. The predicted molar refractivity (Wildman–Crippen MR) is 135 cm³/mol. The smallest absolute Gasteiger partial charge is 0.338 e. The number of amides is 2. The fraction of sp³-hybridized carbons (Fsp3) is 0.261. The molecule has 0 fully saturated rings. The molecule has 0 unspecified atom stereocenters. The Morgan fingerprint density at radius 3 is 2.40 bits per heavy atom. The molecular weight excluding hydrogens is 513 g/mol. The zero-order valence-corrected chi connectivity index (χ0v) is 21.5. The van der Waals surface area contributed by atoms with E-state index in [2.05, 4.69) is 20.8 Å². The summed E-state index contributed by atoms with van der Waals surface area (Å²) in [4.78, 5) is 36.6. The van der Waals surface area contributed by atoms with Crippen LogP contribution in [0.4, 0.5) is 5.69 Å². The number of anilines is 1. The van der Waals surface area contributed by atoms with Crippen LogP contribution in [0.5, 0.6) is 0 Å². The number of thioether (sulfide) groups is 1. The Balaban J connectivity index is 1.54. The van der Waals surface area contributed by atoms with E-state index in [1.54, 1.807) is 61.9 Å². The van der Waals surface area contributed by atoms with E-state index in [1.165, 1.54) is 17.8 Å². The third-order valence-corrected chi connectivity index (χ3v) is 6.56. The van der Waals surface area contributed by atoms with Gasteiger partial charge in [-0.05, 0) is 56.3 Å². The minimum absolute atomic E-state index is 0.0929. The van der Waals surface area contributed by atoms with Gasteiger partial charge in [0.2, 0.25) is 5.91 Å². The molecule has 2 N–H and O–H groups in total. The van der Waals surface area contributed by atoms with Crippen molar-refractivity contribution in [1.29, 1.82) is 0 Å². The summed E-state index contributed by atoms with van der Waals surface area (Å²) in [7, 11) is 1.76. The molecule has 1 atom stereocenters. The molecule has 0 spiro atoms. The number of nitrogens with zero attached hydrogens (tertiary/aromatic N) is 3. The second-order valence-corrected chi connectivity index (χ2v) is 9.12. The van der Waals surface area contributed by atoms with Crippen LogP contribution < -0.4 is 10.6 Å². The number of rotatable bonds is 9. The second-order valence-electron chi connectivity index (χ2n) is 7.36. The molecule has 12 heteroatoms. The van der Waals surface area contributed by atoms with Gasteiger partial charge in [0.25, 0.3) is 5.91 Å². The molecule has 2 amide bonds. The predicted octanol–water partition coefficient (Wildman–Crippen LogP) is 4.52. The Hall–Kier alpha value is -3.08. The van der Waals surface area contributed by atoms with Crippen LogP contribution in [-0.4, -0.2) is 44.9 Å². The van der Waals surface area contributed by atoms with Crippen LogP contribution in [0.3, 0.4) is 0 Å². The van der Waals surface area contributed by atoms with Crippen molar-refractivity contribution in [2.75, 3.05) is 17.7 Å². The third-order valence-electron chi connectivity index (χ3n) is 4.80. The highest BCUT2D eigenvalue weighted by atomic mass is 35.5. The van der Waals surface area contributed by atoms with Gasteiger partial charge in [-0.2, -0.15) is 0 Å². The number of halogens is 2. The number of carbonyl (C=O) groups is 3. The fourth-order valence-corrected chi connectivity index (χ4v) is 4.06. The van der Waals surface area contributed by atoms with Crippen molar-refractivity contribution >= 4 is 58.4 Å². The SMILES string of the molecule is CCOC(=O)c1ccc(NC(=O)CSc2nnc([C@@H](C)NC(=O)c3ccc(Cl)c(Cl)c3)n2C)cc1. The Morgan fingerprint density at radius 1 is 1.06 bits per heavy atom. The standard InChI is InChI=1S/C23H23Cl2N5O4S/c1-4-34-22(33)14-5-8-16(9-6-14)27-19(31)12-35-23-29-28-20(30(23)3)13(2)26-21(32)15-7-10-17(24)18(25)11-15/h5-11,13H,4,12H2,1-3H3,(H,26,32)(H,27,31)/t13-/m1/s1. The lowest BCUT2D eigenvalue weighted by atomic mass is 10.2. The van der Waals surface area contributed by atoms with Gasteiger partial charge in [-0.3, -0.25) is 9.59 Å². The van der Waals surface area contributed by atoms with E-state index < -0.39 is 12.0 Å². The second kappa shape index (κ2) is 12.1. The molecule has 0 saturated heterocycles. The molecule has 184 valence electrons. The largest absolute Gasteiger partial charge is 0.462 e. The Morgan fingerprint density at radius 2 is 1.74 bits per heavy atom. The quantitative estimate of drug-likeness (QED) is 0.305. The molecule has 2 aromatic carbocycles. The summed E-state index contributed by atoms with van der Waals surface area (Å²) in [6, 6.07) is 10.6. The molecule has 35 heavy (non-hydrogen) atoms. The highest BCUT2D eigenvalue weighted by Crippen LogP contribution is 2.24. The van der Waals surface area contributed by atoms with Crippen LogP contribution in [0.25, 0.3) is 0 Å². The highest BCUT2D eigenvalue weighted by Gasteiger charge is 2.19. The van der Waals surface area contributed by atoms with Gasteiger partial charge in [-0.15, -0.1) is 10.2 Å². The van der Waals surface area contributed by atoms with Crippen molar-refractivity contribution in [2.24, 2.45) is 7.05 Å². The molecule has 9 nitrogen and oxygen atoms in total. The summed E-state index contributed by atoms with van der Waals surface area (Å²) < 4.78 is 6.66. The summed E-state index contributed by atoms with van der Waals surface area (Å²) >= 11 is 13.1. The number of hydrogen-bond acceptors (Lipinski definition) is 7. The Bertz CT molecular complexity index is 1230. The number of nitrogens with one attached hydrogen (secondary N) is 2. The van der Waals surface area contributed by atoms with Crippen LogP contribution in [0, 0.1) is 0 Å². The number of carbonyl (C=O) groups excluding carboxylic acids is 3. The van der Waals surface area contributed by atoms with Gasteiger partial charge in [-0.25, -0.2) is 4.79 Å². The van der Waals surface area contributed by atoms with Crippen molar-refractivity contribution in [3.8, 4) is 0 Å². The van der Waals surface area contributed by atoms with E-state index in [0.717, 1.165) is 0 Å². The molecule has 3 rings (SSSR count). The van der Waals surface area contributed by atoms with Gasteiger partial charge < -0.3 is 19.9 Å². The summed E-state index contributed by atoms with van der Waals surface area (Å²) in [5.41, 5.74) is 1.34. The van der Waals surface area contributed by atoms with E-state index in [-0.39, 0.29) is 22.6 Å². The van der Waals surface area contributed by atoms with E-state index in [4.69, 9.17) is 27.9 Å². The monoisotopic (exact) mass is 535 g/mol. The highest BCUT2D eigenvalue weighted by molar-refractivity contribution is 7.99. The maximum Gasteiger partial charge on any atom is 0.338 e. The van der Waals surface area contributed by atoms with Gasteiger partial charge in [-0.1, -0.05) is 35.0 Å². The van der Waals surface area contributed by atoms with Gasteiger partial charge >= 0.3 is 5.97 Å². The van der Waals surface area contributed by atoms with Gasteiger partial charge in [0.15, 0.2) is 11.0 Å². The first-order chi connectivity index (χ1) is 16.7. The van der Waals surface area contributed by atoms with Crippen LogP contribution in [0.2, 0.25) is 10.0 Å². The van der Waals surface area contributed by atoms with E-state index >= 15 is 0 Å². The molecule has 3 aromatic rings. The lowest BCUT2D eigenvalue weighted by Gasteiger charge is -2.14. The molecule has 0 aliphatic carbocycles. The van der Waals surface area contributed by atoms with Crippen LogP contribution in [-0.2, 0) is 16.6 Å². The van der Waals surface area contributed by atoms with Crippen LogP contribution in [0.1, 0.15) is 46.4 Å². The first-order valence-corrected chi connectivity index (χ1v) is 12.3. The summed E-state index contributed by atoms with van der Waals surface area (Å²) in [5.74, 6) is -0.376. The van der Waals surface area contributed by atoms with E-state index in [9.17, 15) is 14.4 Å². The Labute approximate surface area is 216 Å². The zero-order chi connectivity index (χ0) is 25.5. The normalized spacial score (nSPS) is 11.6. The van der Waals surface area contributed by atoms with Crippen molar-refractivity contribution in [3.05, 3.63) is 69.5 Å². The third kappa shape index (κ3) is 6.97. The first-order valence-electron chi connectivity index (χ1n) is 10.5. The first kappa shape index (κ1) is 26.5. The maximum atomic E-state index is 12.5. The average Bonchev–Trinajstić information content (AvgIpc) is 3.20. The number of benzene rings is 2. The van der Waals surface area contributed by atoms with Crippen molar-refractivity contribution < 1.29 is 19.1 Å². The van der Waals surface area contributed by atoms with Crippen molar-refractivity contribution in [2.45, 2.75) is 25.0 Å². The van der Waals surface area contributed by atoms with Crippen LogP contribution in [0.15, 0.2) is 47.6 Å². The molecule has 0 saturated carbocycles. The van der Waals surface area contributed by atoms with E-state index in [0.29, 0.717) is 39.4 Å². The summed E-state index contributed by atoms with van der Waals surface area (Å²) in [6.45, 7) is 3.81. The minimum Gasteiger partial charge on any atom is -0.462 e. The molecule has 0 aliphatic rings. The summed E-state index contributed by atoms with van der Waals surface area (Å²) in [6.07, 6.45) is 0. The number of ether oxygens (including phenoxy) is 1. The van der Waals surface area contributed by atoms with Gasteiger partial charge in [0.05, 0.1) is 34.0 Å². The minimum atomic E-state index is -0.449. The zero-order valence-electron chi connectivity index (χ0n) is 19.2. The van der Waals surface area contributed by atoms with Gasteiger partial charge in [0, 0.05) is 18.3 Å². The fourth-order valence-electron chi connectivity index (χ4n) is 3.04. The average molecular weight is 536 g/mol. The van der Waals surface area contributed by atoms with Crippen LogP contribution >= 0.6 is 35.0 Å². The molecule has 0 radical (unpaired) electrons. The number of hydrogen-bond donors (Lipinski definition) is 2. The molecule has 0 bridgehead atoms. The maximum absolute atomic E-state index is 12.5. The van der Waals surface area contributed by atoms with Crippen molar-refractivity contribution in [1.82, 2.24) is 20.1 Å². The molecule has 1 heterocycles. The molecule has 1 aromatic heterocycles. The number of esters is 1. The topological polar surface area (TPSA) is 115 Å². The lowest BCUT2D eigenvalue weighted by molar-refractivity contribution is -0.113. The lowest BCUT2D eigenvalue weighted by Crippen LogP contribution is -2.28. The van der Waals surface area contributed by atoms with E-state index in [1.807, 2.05) is 0 Å². The molecule has 0 aliphatic heterocycles.